The second-order valence-electron chi connectivity index (χ2n) is 3.81. The second-order valence-corrected chi connectivity index (χ2v) is 6.53. The van der Waals surface area contributed by atoms with Gasteiger partial charge in [0.25, 0.3) is 10.0 Å². The number of furan rings is 1. The molecule has 2 aromatic rings. The molecule has 5 nitrogen and oxygen atoms in total. The van der Waals surface area contributed by atoms with Crippen molar-refractivity contribution in [2.45, 2.75) is 11.8 Å². The van der Waals surface area contributed by atoms with Crippen LogP contribution < -0.4 is 4.83 Å². The van der Waals surface area contributed by atoms with Crippen LogP contribution in [0, 0.1) is 10.7 Å². The quantitative estimate of drug-likeness (QED) is 0.496. The van der Waals surface area contributed by atoms with E-state index in [4.69, 9.17) is 4.42 Å². The highest BCUT2D eigenvalue weighted by atomic mass is 127. The lowest BCUT2D eigenvalue weighted by Crippen LogP contribution is -2.18. The highest BCUT2D eigenvalue weighted by Crippen LogP contribution is 2.10. The lowest BCUT2D eigenvalue weighted by atomic mass is 10.2. The van der Waals surface area contributed by atoms with Crippen molar-refractivity contribution in [1.29, 1.82) is 0 Å². The van der Waals surface area contributed by atoms with E-state index in [0.29, 0.717) is 9.53 Å². The Balaban J connectivity index is 2.09. The molecule has 1 N–H and O–H groups in total. The Morgan fingerprint density at radius 1 is 1.21 bits per heavy atom. The van der Waals surface area contributed by atoms with Crippen LogP contribution in [0.4, 0.5) is 0 Å². The molecule has 2 rings (SSSR count). The molecule has 1 heterocycles. The maximum absolute atomic E-state index is 11.9. The van der Waals surface area contributed by atoms with Crippen LogP contribution in [0.25, 0.3) is 0 Å². The minimum atomic E-state index is -3.63. The standard InChI is InChI=1S/C12H11IN2O3S/c1-9-2-5-11(6-3-9)19(16,17)15-14-8-10-4-7-12(13)18-10/h2-8,15H,1H3/b14-8-. The summed E-state index contributed by atoms with van der Waals surface area (Å²) in [5.74, 6) is 0.482. The SMILES string of the molecule is Cc1ccc(S(=O)(=O)N/N=C\c2ccc(I)o2)cc1. The first-order valence-electron chi connectivity index (χ1n) is 5.34. The van der Waals surface area contributed by atoms with Gasteiger partial charge in [-0.15, -0.1) is 0 Å². The topological polar surface area (TPSA) is 71.7 Å². The predicted molar refractivity (Wildman–Crippen MR) is 80.5 cm³/mol. The summed E-state index contributed by atoms with van der Waals surface area (Å²) >= 11 is 2.01. The summed E-state index contributed by atoms with van der Waals surface area (Å²) in [5.41, 5.74) is 0.993. The van der Waals surface area contributed by atoms with Gasteiger partial charge >= 0.3 is 0 Å². The summed E-state index contributed by atoms with van der Waals surface area (Å²) in [7, 11) is -3.63. The maximum atomic E-state index is 11.9. The van der Waals surface area contributed by atoms with E-state index in [2.05, 4.69) is 9.93 Å². The summed E-state index contributed by atoms with van der Waals surface area (Å²) in [6.07, 6.45) is 1.31. The molecule has 0 amide bonds. The van der Waals surface area contributed by atoms with Crippen molar-refractivity contribution < 1.29 is 12.8 Å². The Morgan fingerprint density at radius 2 is 1.89 bits per heavy atom. The Morgan fingerprint density at radius 3 is 2.47 bits per heavy atom. The molecule has 0 spiro atoms. The number of halogens is 1. The predicted octanol–water partition coefficient (Wildman–Crippen LogP) is 2.51. The van der Waals surface area contributed by atoms with Crippen LogP contribution in [0.3, 0.4) is 0 Å². The Hall–Kier alpha value is -1.35. The van der Waals surface area contributed by atoms with Crippen LogP contribution in [-0.2, 0) is 10.0 Å². The van der Waals surface area contributed by atoms with Crippen molar-refractivity contribution in [3.8, 4) is 0 Å². The highest BCUT2D eigenvalue weighted by molar-refractivity contribution is 14.1. The van der Waals surface area contributed by atoms with Crippen molar-refractivity contribution in [3.63, 3.8) is 0 Å². The van der Waals surface area contributed by atoms with Crippen molar-refractivity contribution >= 4 is 38.8 Å². The van der Waals surface area contributed by atoms with Gasteiger partial charge in [-0.2, -0.15) is 18.4 Å². The maximum Gasteiger partial charge on any atom is 0.276 e. The molecule has 0 saturated heterocycles. The molecule has 0 radical (unpaired) electrons. The first-order valence-corrected chi connectivity index (χ1v) is 7.90. The third-order valence-electron chi connectivity index (χ3n) is 2.29. The van der Waals surface area contributed by atoms with Crippen molar-refractivity contribution in [2.75, 3.05) is 0 Å². The van der Waals surface area contributed by atoms with Crippen LogP contribution in [0.15, 0.2) is 50.8 Å². The zero-order valence-corrected chi connectivity index (χ0v) is 13.0. The van der Waals surface area contributed by atoms with Crippen molar-refractivity contribution in [2.24, 2.45) is 5.10 Å². The molecule has 7 heteroatoms. The number of nitrogens with zero attached hydrogens (tertiary/aromatic N) is 1. The van der Waals surface area contributed by atoms with Gasteiger partial charge in [0.2, 0.25) is 0 Å². The average Bonchev–Trinajstić information content (AvgIpc) is 2.75. The number of hydrazone groups is 1. The molecule has 0 atom stereocenters. The average molecular weight is 390 g/mol. The van der Waals surface area contributed by atoms with E-state index >= 15 is 0 Å². The number of rotatable bonds is 4. The molecule has 1 aromatic heterocycles. The van der Waals surface area contributed by atoms with E-state index < -0.39 is 10.0 Å². The zero-order valence-electron chi connectivity index (χ0n) is 10.00. The molecule has 0 aliphatic heterocycles. The first-order chi connectivity index (χ1) is 8.97. The molecule has 0 aliphatic carbocycles. The fourth-order valence-corrected chi connectivity index (χ4v) is 2.55. The number of sulfonamides is 1. The molecule has 100 valence electrons. The molecule has 1 aromatic carbocycles. The third kappa shape index (κ3) is 3.80. The molecule has 0 saturated carbocycles. The van der Waals surface area contributed by atoms with Crippen LogP contribution >= 0.6 is 22.6 Å². The van der Waals surface area contributed by atoms with Gasteiger partial charge in [0, 0.05) is 0 Å². The number of hydrogen-bond acceptors (Lipinski definition) is 4. The largest absolute Gasteiger partial charge is 0.449 e. The minimum Gasteiger partial charge on any atom is -0.449 e. The minimum absolute atomic E-state index is 0.171. The molecule has 0 fully saturated rings. The van der Waals surface area contributed by atoms with Gasteiger partial charge in [0.15, 0.2) is 3.77 Å². The summed E-state index contributed by atoms with van der Waals surface area (Å²) in [6, 6.07) is 9.98. The van der Waals surface area contributed by atoms with Crippen molar-refractivity contribution in [3.05, 3.63) is 51.5 Å². The van der Waals surface area contributed by atoms with Gasteiger partial charge in [-0.3, -0.25) is 0 Å². The van der Waals surface area contributed by atoms with Gasteiger partial charge in [-0.25, -0.2) is 0 Å². The zero-order chi connectivity index (χ0) is 13.9. The van der Waals surface area contributed by atoms with Crippen molar-refractivity contribution in [1.82, 2.24) is 4.83 Å². The fraction of sp³-hybridized carbons (Fsp3) is 0.0833. The highest BCUT2D eigenvalue weighted by Gasteiger charge is 2.11. The number of benzene rings is 1. The van der Waals surface area contributed by atoms with E-state index in [1.165, 1.54) is 18.3 Å². The van der Waals surface area contributed by atoms with Gasteiger partial charge in [-0.05, 0) is 53.8 Å². The van der Waals surface area contributed by atoms with Crippen LogP contribution in [0.1, 0.15) is 11.3 Å². The van der Waals surface area contributed by atoms with Crippen LogP contribution in [0.2, 0.25) is 0 Å². The fourth-order valence-electron chi connectivity index (χ4n) is 1.33. The molecular weight excluding hydrogens is 379 g/mol. The number of aryl methyl sites for hydroxylation is 1. The molecule has 0 bridgehead atoms. The summed E-state index contributed by atoms with van der Waals surface area (Å²) < 4.78 is 29.7. The monoisotopic (exact) mass is 390 g/mol. The van der Waals surface area contributed by atoms with Crippen LogP contribution in [0.5, 0.6) is 0 Å². The molecular formula is C12H11IN2O3S. The Bertz CT molecular complexity index is 690. The van der Waals surface area contributed by atoms with Gasteiger partial charge < -0.3 is 4.42 Å². The summed E-state index contributed by atoms with van der Waals surface area (Å²) in [5, 5.41) is 3.67. The van der Waals surface area contributed by atoms with Gasteiger partial charge in [0.1, 0.15) is 5.76 Å². The van der Waals surface area contributed by atoms with Gasteiger partial charge in [0.05, 0.1) is 11.1 Å². The lowest BCUT2D eigenvalue weighted by molar-refractivity contribution is 0.531. The van der Waals surface area contributed by atoms with E-state index in [1.54, 1.807) is 24.3 Å². The lowest BCUT2D eigenvalue weighted by Gasteiger charge is -2.02. The summed E-state index contributed by atoms with van der Waals surface area (Å²) in [4.78, 5) is 2.30. The second kappa shape index (κ2) is 5.74. The number of nitrogens with one attached hydrogen (secondary N) is 1. The molecule has 0 unspecified atom stereocenters. The van der Waals surface area contributed by atoms with E-state index in [0.717, 1.165) is 5.56 Å². The number of hydrogen-bond donors (Lipinski definition) is 1. The van der Waals surface area contributed by atoms with E-state index in [-0.39, 0.29) is 4.90 Å². The third-order valence-corrected chi connectivity index (χ3v) is 4.11. The Labute approximate surface area is 124 Å². The normalized spacial score (nSPS) is 11.9. The molecule has 19 heavy (non-hydrogen) atoms. The van der Waals surface area contributed by atoms with E-state index in [1.807, 2.05) is 29.5 Å². The molecule has 0 aliphatic rings. The summed E-state index contributed by atoms with van der Waals surface area (Å²) in [6.45, 7) is 1.89. The Kier molecular flexibility index (Phi) is 4.25. The van der Waals surface area contributed by atoms with Crippen LogP contribution in [-0.4, -0.2) is 14.6 Å². The first kappa shape index (κ1) is 14.1. The van der Waals surface area contributed by atoms with Gasteiger partial charge in [-0.1, -0.05) is 17.7 Å². The smallest absolute Gasteiger partial charge is 0.276 e. The van der Waals surface area contributed by atoms with E-state index in [9.17, 15) is 8.42 Å².